The first-order valence-corrected chi connectivity index (χ1v) is 5.00. The lowest BCUT2D eigenvalue weighted by molar-refractivity contribution is 0.619. The summed E-state index contributed by atoms with van der Waals surface area (Å²) in [5.74, 6) is -0.306. The SMILES string of the molecule is Fc1cc2c(CCl)c(F)ccc2s1. The Kier molecular flexibility index (Phi) is 2.22. The summed E-state index contributed by atoms with van der Waals surface area (Å²) in [5, 5.41) is 0.268. The molecule has 0 aliphatic rings. The molecule has 0 N–H and O–H groups in total. The Labute approximate surface area is 82.8 Å². The largest absolute Gasteiger partial charge is 0.207 e. The molecule has 0 fully saturated rings. The molecule has 2 rings (SSSR count). The highest BCUT2D eigenvalue weighted by molar-refractivity contribution is 7.17. The van der Waals surface area contributed by atoms with Crippen LogP contribution in [0.2, 0.25) is 0 Å². The van der Waals surface area contributed by atoms with E-state index >= 15 is 0 Å². The van der Waals surface area contributed by atoms with Crippen molar-refractivity contribution in [2.45, 2.75) is 5.88 Å². The van der Waals surface area contributed by atoms with E-state index < -0.39 is 0 Å². The van der Waals surface area contributed by atoms with Crippen LogP contribution in [0.3, 0.4) is 0 Å². The Hall–Kier alpha value is -0.670. The van der Waals surface area contributed by atoms with E-state index in [0.29, 0.717) is 10.9 Å². The van der Waals surface area contributed by atoms with Crippen molar-refractivity contribution in [3.8, 4) is 0 Å². The van der Waals surface area contributed by atoms with Crippen LogP contribution in [0.15, 0.2) is 18.2 Å². The van der Waals surface area contributed by atoms with Gasteiger partial charge in [-0.25, -0.2) is 4.39 Å². The number of alkyl halides is 1. The average molecular weight is 219 g/mol. The molecule has 2 aromatic rings. The van der Waals surface area contributed by atoms with E-state index in [9.17, 15) is 8.78 Å². The molecule has 1 aromatic heterocycles. The van der Waals surface area contributed by atoms with E-state index in [1.54, 1.807) is 6.07 Å². The molecule has 0 aliphatic carbocycles. The summed E-state index contributed by atoms with van der Waals surface area (Å²) in [7, 11) is 0. The fourth-order valence-electron chi connectivity index (χ4n) is 1.25. The van der Waals surface area contributed by atoms with Gasteiger partial charge in [0, 0.05) is 15.6 Å². The van der Waals surface area contributed by atoms with E-state index in [2.05, 4.69) is 0 Å². The van der Waals surface area contributed by atoms with Crippen LogP contribution in [0.4, 0.5) is 8.78 Å². The van der Waals surface area contributed by atoms with Gasteiger partial charge in [-0.2, -0.15) is 4.39 Å². The van der Waals surface area contributed by atoms with Crippen LogP contribution in [0.1, 0.15) is 5.56 Å². The quantitative estimate of drug-likeness (QED) is 0.637. The molecular formula is C9H5ClF2S. The van der Waals surface area contributed by atoms with Gasteiger partial charge in [-0.1, -0.05) is 0 Å². The van der Waals surface area contributed by atoms with Crippen LogP contribution in [0.5, 0.6) is 0 Å². The second-order valence-corrected chi connectivity index (χ2v) is 3.92. The van der Waals surface area contributed by atoms with Gasteiger partial charge in [0.05, 0.1) is 5.88 Å². The van der Waals surface area contributed by atoms with Crippen LogP contribution >= 0.6 is 22.9 Å². The number of hydrogen-bond donors (Lipinski definition) is 0. The summed E-state index contributed by atoms with van der Waals surface area (Å²) in [5.41, 5.74) is 0.374. The van der Waals surface area contributed by atoms with E-state index in [-0.39, 0.29) is 16.8 Å². The monoisotopic (exact) mass is 218 g/mol. The Balaban J connectivity index is 2.82. The maximum atomic E-state index is 13.1. The Morgan fingerprint density at radius 1 is 1.31 bits per heavy atom. The number of benzene rings is 1. The third kappa shape index (κ3) is 1.42. The molecule has 0 atom stereocenters. The first-order chi connectivity index (χ1) is 6.22. The van der Waals surface area contributed by atoms with Gasteiger partial charge in [-0.15, -0.1) is 22.9 Å². The molecule has 0 nitrogen and oxygen atoms in total. The number of rotatable bonds is 1. The van der Waals surface area contributed by atoms with Gasteiger partial charge in [-0.05, 0) is 18.2 Å². The summed E-state index contributed by atoms with van der Waals surface area (Å²) in [6.07, 6.45) is 0. The van der Waals surface area contributed by atoms with E-state index in [0.717, 1.165) is 16.0 Å². The predicted octanol–water partition coefficient (Wildman–Crippen LogP) is 3.92. The van der Waals surface area contributed by atoms with Gasteiger partial charge in [0.15, 0.2) is 5.13 Å². The van der Waals surface area contributed by atoms with E-state index in [1.165, 1.54) is 12.1 Å². The topological polar surface area (TPSA) is 0 Å². The minimum atomic E-state index is -0.375. The second kappa shape index (κ2) is 3.24. The molecule has 0 unspecified atom stereocenters. The third-order valence-electron chi connectivity index (χ3n) is 1.86. The smallest absolute Gasteiger partial charge is 0.177 e. The minimum Gasteiger partial charge on any atom is -0.207 e. The standard InChI is InChI=1S/C9H5ClF2S/c10-4-6-5-3-9(12)13-8(5)2-1-7(6)11/h1-3H,4H2. The molecule has 13 heavy (non-hydrogen) atoms. The van der Waals surface area contributed by atoms with Crippen molar-refractivity contribution in [1.29, 1.82) is 0 Å². The molecule has 1 aromatic carbocycles. The predicted molar refractivity (Wildman–Crippen MR) is 51.3 cm³/mol. The maximum absolute atomic E-state index is 13.1. The Morgan fingerprint density at radius 2 is 2.08 bits per heavy atom. The fraction of sp³-hybridized carbons (Fsp3) is 0.111. The van der Waals surface area contributed by atoms with Crippen molar-refractivity contribution < 1.29 is 8.78 Å². The van der Waals surface area contributed by atoms with Crippen molar-refractivity contribution in [2.75, 3.05) is 0 Å². The van der Waals surface area contributed by atoms with E-state index in [4.69, 9.17) is 11.6 Å². The van der Waals surface area contributed by atoms with Crippen LogP contribution in [0.25, 0.3) is 10.1 Å². The molecule has 4 heteroatoms. The van der Waals surface area contributed by atoms with Gasteiger partial charge in [-0.3, -0.25) is 0 Å². The molecule has 0 bridgehead atoms. The normalized spacial score (nSPS) is 11.0. The third-order valence-corrected chi connectivity index (χ3v) is 3.01. The zero-order chi connectivity index (χ0) is 9.42. The lowest BCUT2D eigenvalue weighted by atomic mass is 10.1. The van der Waals surface area contributed by atoms with Crippen molar-refractivity contribution in [1.82, 2.24) is 0 Å². The van der Waals surface area contributed by atoms with Gasteiger partial charge in [0.25, 0.3) is 0 Å². The van der Waals surface area contributed by atoms with Gasteiger partial charge < -0.3 is 0 Å². The fourth-order valence-corrected chi connectivity index (χ4v) is 2.33. The molecule has 0 aliphatic heterocycles. The number of thiophene rings is 1. The molecule has 0 saturated carbocycles. The summed E-state index contributed by atoms with van der Waals surface area (Å²) < 4.78 is 26.7. The van der Waals surface area contributed by atoms with Crippen LogP contribution in [0, 0.1) is 10.9 Å². The molecule has 0 radical (unpaired) electrons. The van der Waals surface area contributed by atoms with Gasteiger partial charge >= 0.3 is 0 Å². The first-order valence-electron chi connectivity index (χ1n) is 3.65. The van der Waals surface area contributed by atoms with E-state index in [1.807, 2.05) is 0 Å². The summed E-state index contributed by atoms with van der Waals surface area (Å²) in [4.78, 5) is 0. The highest BCUT2D eigenvalue weighted by atomic mass is 35.5. The molecule has 0 amide bonds. The lowest BCUT2D eigenvalue weighted by Gasteiger charge is -1.98. The zero-order valence-corrected chi connectivity index (χ0v) is 8.05. The molecule has 0 saturated heterocycles. The number of hydrogen-bond acceptors (Lipinski definition) is 1. The minimum absolute atomic E-state index is 0.0688. The lowest BCUT2D eigenvalue weighted by Crippen LogP contribution is -1.85. The van der Waals surface area contributed by atoms with Crippen LogP contribution in [-0.2, 0) is 5.88 Å². The molecule has 1 heterocycles. The van der Waals surface area contributed by atoms with Gasteiger partial charge in [0.2, 0.25) is 0 Å². The Bertz CT molecular complexity index is 450. The molecule has 0 spiro atoms. The van der Waals surface area contributed by atoms with Crippen LogP contribution in [-0.4, -0.2) is 0 Å². The second-order valence-electron chi connectivity index (χ2n) is 2.62. The van der Waals surface area contributed by atoms with Crippen molar-refractivity contribution in [3.05, 3.63) is 34.7 Å². The van der Waals surface area contributed by atoms with Gasteiger partial charge in [0.1, 0.15) is 5.82 Å². The van der Waals surface area contributed by atoms with Crippen molar-refractivity contribution in [2.24, 2.45) is 0 Å². The zero-order valence-electron chi connectivity index (χ0n) is 6.48. The number of fused-ring (bicyclic) bond motifs is 1. The van der Waals surface area contributed by atoms with Crippen LogP contribution < -0.4 is 0 Å². The molecule has 68 valence electrons. The highest BCUT2D eigenvalue weighted by Crippen LogP contribution is 2.29. The molecular weight excluding hydrogens is 214 g/mol. The van der Waals surface area contributed by atoms with Crippen molar-refractivity contribution in [3.63, 3.8) is 0 Å². The average Bonchev–Trinajstić information content (AvgIpc) is 2.45. The van der Waals surface area contributed by atoms with Crippen molar-refractivity contribution >= 4 is 33.0 Å². The maximum Gasteiger partial charge on any atom is 0.177 e. The summed E-state index contributed by atoms with van der Waals surface area (Å²) >= 11 is 6.56. The first kappa shape index (κ1) is 8.91. The summed E-state index contributed by atoms with van der Waals surface area (Å²) in [6, 6.07) is 4.20. The Morgan fingerprint density at radius 3 is 2.77 bits per heavy atom. The highest BCUT2D eigenvalue weighted by Gasteiger charge is 2.09. The number of halogens is 3. The summed E-state index contributed by atoms with van der Waals surface area (Å²) in [6.45, 7) is 0.